The van der Waals surface area contributed by atoms with E-state index in [2.05, 4.69) is 15.2 Å². The SMILES string of the molecule is Nc1nc(SC2CCN(c3cccc([N+](=O)[O-])c3)C2=O)n[nH]1. The number of rotatable bonds is 4. The molecular formula is C12H12N6O3S. The molecule has 1 amide bonds. The quantitative estimate of drug-likeness (QED) is 0.639. The van der Waals surface area contributed by atoms with Crippen LogP contribution in [0.2, 0.25) is 0 Å². The van der Waals surface area contributed by atoms with E-state index in [4.69, 9.17) is 5.73 Å². The van der Waals surface area contributed by atoms with Gasteiger partial charge in [-0.25, -0.2) is 5.10 Å². The predicted octanol–water partition coefficient (Wildman–Crippen LogP) is 1.19. The van der Waals surface area contributed by atoms with Crippen LogP contribution in [0.1, 0.15) is 6.42 Å². The fourth-order valence-electron chi connectivity index (χ4n) is 2.23. The molecule has 1 unspecified atom stereocenters. The number of aromatic amines is 1. The first kappa shape index (κ1) is 14.3. The van der Waals surface area contributed by atoms with Gasteiger partial charge in [-0.15, -0.1) is 5.10 Å². The van der Waals surface area contributed by atoms with Gasteiger partial charge >= 0.3 is 0 Å². The Labute approximate surface area is 129 Å². The molecule has 2 heterocycles. The summed E-state index contributed by atoms with van der Waals surface area (Å²) >= 11 is 1.23. The summed E-state index contributed by atoms with van der Waals surface area (Å²) < 4.78 is 0. The summed E-state index contributed by atoms with van der Waals surface area (Å²) in [6.07, 6.45) is 0.612. The van der Waals surface area contributed by atoms with Gasteiger partial charge in [0, 0.05) is 18.7 Å². The maximum Gasteiger partial charge on any atom is 0.271 e. The first-order valence-corrected chi connectivity index (χ1v) is 7.33. The Bertz CT molecular complexity index is 733. The number of carbonyl (C=O) groups excluding carboxylic acids is 1. The lowest BCUT2D eigenvalue weighted by atomic mass is 10.2. The van der Waals surface area contributed by atoms with E-state index in [1.54, 1.807) is 17.0 Å². The number of nitrogen functional groups attached to an aromatic ring is 1. The fourth-order valence-corrected chi connectivity index (χ4v) is 3.19. The molecule has 1 aromatic carbocycles. The number of nitro benzene ring substituents is 1. The van der Waals surface area contributed by atoms with Crippen LogP contribution in [-0.2, 0) is 4.79 Å². The van der Waals surface area contributed by atoms with Crippen LogP contribution in [0.25, 0.3) is 0 Å². The third-order valence-electron chi connectivity index (χ3n) is 3.24. The Kier molecular flexibility index (Phi) is 3.67. The molecule has 1 aliphatic rings. The monoisotopic (exact) mass is 320 g/mol. The van der Waals surface area contributed by atoms with Gasteiger partial charge in [0.15, 0.2) is 0 Å². The van der Waals surface area contributed by atoms with Crippen molar-refractivity contribution in [2.24, 2.45) is 0 Å². The zero-order valence-electron chi connectivity index (χ0n) is 11.3. The molecule has 2 aromatic rings. The number of amides is 1. The van der Waals surface area contributed by atoms with Crippen LogP contribution < -0.4 is 10.6 Å². The van der Waals surface area contributed by atoms with E-state index >= 15 is 0 Å². The Hall–Kier alpha value is -2.62. The molecule has 0 radical (unpaired) electrons. The molecule has 3 N–H and O–H groups in total. The number of H-pyrrole nitrogens is 1. The summed E-state index contributed by atoms with van der Waals surface area (Å²) in [6.45, 7) is 0.498. The van der Waals surface area contributed by atoms with Gasteiger partial charge in [-0.3, -0.25) is 14.9 Å². The minimum absolute atomic E-state index is 0.0388. The number of anilines is 2. The minimum Gasteiger partial charge on any atom is -0.368 e. The van der Waals surface area contributed by atoms with E-state index in [9.17, 15) is 14.9 Å². The van der Waals surface area contributed by atoms with Gasteiger partial charge in [0.2, 0.25) is 17.0 Å². The predicted molar refractivity (Wildman–Crippen MR) is 80.5 cm³/mol. The van der Waals surface area contributed by atoms with E-state index in [0.717, 1.165) is 0 Å². The Morgan fingerprint density at radius 3 is 3.00 bits per heavy atom. The summed E-state index contributed by atoms with van der Waals surface area (Å²) in [5.74, 6) is 0.0809. The second-order valence-corrected chi connectivity index (χ2v) is 5.84. The van der Waals surface area contributed by atoms with Gasteiger partial charge in [0.25, 0.3) is 5.69 Å². The highest BCUT2D eigenvalue weighted by Crippen LogP contribution is 2.32. The standard InChI is InChI=1S/C12H12N6O3S/c13-11-14-12(16-15-11)22-9-4-5-17(10(9)19)7-2-1-3-8(6-7)18(20)21/h1-3,6,9H,4-5H2,(H3,13,14,15,16). The molecule has 1 atom stereocenters. The van der Waals surface area contributed by atoms with Gasteiger partial charge in [-0.1, -0.05) is 17.8 Å². The molecule has 1 saturated heterocycles. The van der Waals surface area contributed by atoms with Gasteiger partial charge in [-0.05, 0) is 12.5 Å². The second-order valence-electron chi connectivity index (χ2n) is 4.67. The maximum absolute atomic E-state index is 12.4. The molecule has 114 valence electrons. The molecule has 3 rings (SSSR count). The summed E-state index contributed by atoms with van der Waals surface area (Å²) in [7, 11) is 0. The summed E-state index contributed by atoms with van der Waals surface area (Å²) in [5, 5.41) is 17.3. The molecule has 22 heavy (non-hydrogen) atoms. The summed E-state index contributed by atoms with van der Waals surface area (Å²) in [6, 6.07) is 6.04. The second kappa shape index (κ2) is 5.64. The molecule has 0 saturated carbocycles. The Morgan fingerprint density at radius 2 is 2.32 bits per heavy atom. The highest BCUT2D eigenvalue weighted by atomic mass is 32.2. The average molecular weight is 320 g/mol. The third kappa shape index (κ3) is 2.72. The van der Waals surface area contributed by atoms with E-state index < -0.39 is 4.92 Å². The number of nitrogens with two attached hydrogens (primary N) is 1. The van der Waals surface area contributed by atoms with Crippen molar-refractivity contribution in [2.75, 3.05) is 17.2 Å². The van der Waals surface area contributed by atoms with E-state index in [-0.39, 0.29) is 22.8 Å². The number of nitrogens with zero attached hydrogens (tertiary/aromatic N) is 4. The van der Waals surface area contributed by atoms with Crippen molar-refractivity contribution < 1.29 is 9.72 Å². The molecule has 1 aromatic heterocycles. The van der Waals surface area contributed by atoms with Crippen LogP contribution in [-0.4, -0.2) is 37.8 Å². The Balaban J connectivity index is 1.76. The van der Waals surface area contributed by atoms with Gasteiger partial charge in [-0.2, -0.15) is 4.98 Å². The molecule has 9 nitrogen and oxygen atoms in total. The van der Waals surface area contributed by atoms with Crippen LogP contribution in [0.3, 0.4) is 0 Å². The maximum atomic E-state index is 12.4. The van der Waals surface area contributed by atoms with Crippen molar-refractivity contribution in [1.82, 2.24) is 15.2 Å². The zero-order valence-corrected chi connectivity index (χ0v) is 12.1. The molecule has 1 aliphatic heterocycles. The fraction of sp³-hybridized carbons (Fsp3) is 0.250. The molecule has 0 spiro atoms. The number of hydrogen-bond acceptors (Lipinski definition) is 7. The number of thioether (sulfide) groups is 1. The number of nitro groups is 1. The van der Waals surface area contributed by atoms with Gasteiger partial charge in [0.1, 0.15) is 0 Å². The topological polar surface area (TPSA) is 131 Å². The number of benzene rings is 1. The first-order chi connectivity index (χ1) is 10.5. The van der Waals surface area contributed by atoms with Crippen molar-refractivity contribution >= 4 is 35.0 Å². The number of non-ortho nitro benzene ring substituents is 1. The largest absolute Gasteiger partial charge is 0.368 e. The summed E-state index contributed by atoms with van der Waals surface area (Å²) in [5.41, 5.74) is 5.94. The lowest BCUT2D eigenvalue weighted by molar-refractivity contribution is -0.384. The van der Waals surface area contributed by atoms with Crippen molar-refractivity contribution in [3.8, 4) is 0 Å². The van der Waals surface area contributed by atoms with E-state index in [1.165, 1.54) is 23.9 Å². The number of carbonyl (C=O) groups is 1. The van der Waals surface area contributed by atoms with Crippen molar-refractivity contribution in [2.45, 2.75) is 16.8 Å². The van der Waals surface area contributed by atoms with Crippen molar-refractivity contribution in [3.63, 3.8) is 0 Å². The van der Waals surface area contributed by atoms with Crippen LogP contribution >= 0.6 is 11.8 Å². The normalized spacial score (nSPS) is 17.9. The number of aromatic nitrogens is 3. The number of hydrogen-bond donors (Lipinski definition) is 2. The molecular weight excluding hydrogens is 308 g/mol. The van der Waals surface area contributed by atoms with Crippen molar-refractivity contribution in [3.05, 3.63) is 34.4 Å². The third-order valence-corrected chi connectivity index (χ3v) is 4.35. The summed E-state index contributed by atoms with van der Waals surface area (Å²) in [4.78, 5) is 28.3. The van der Waals surface area contributed by atoms with E-state index in [1.807, 2.05) is 0 Å². The average Bonchev–Trinajstić information content (AvgIpc) is 3.06. The van der Waals surface area contributed by atoms with Crippen LogP contribution in [0.15, 0.2) is 29.4 Å². The highest BCUT2D eigenvalue weighted by Gasteiger charge is 2.34. The highest BCUT2D eigenvalue weighted by molar-refractivity contribution is 8.00. The first-order valence-electron chi connectivity index (χ1n) is 6.45. The molecule has 10 heteroatoms. The lowest BCUT2D eigenvalue weighted by Crippen LogP contribution is -2.28. The number of nitrogens with one attached hydrogen (secondary N) is 1. The molecule has 0 aliphatic carbocycles. The zero-order chi connectivity index (χ0) is 15.7. The minimum atomic E-state index is -0.479. The van der Waals surface area contributed by atoms with Crippen LogP contribution in [0.4, 0.5) is 17.3 Å². The Morgan fingerprint density at radius 1 is 1.50 bits per heavy atom. The van der Waals surface area contributed by atoms with Gasteiger partial charge < -0.3 is 10.6 Å². The van der Waals surface area contributed by atoms with Crippen LogP contribution in [0, 0.1) is 10.1 Å². The van der Waals surface area contributed by atoms with E-state index in [0.29, 0.717) is 23.8 Å². The molecule has 1 fully saturated rings. The van der Waals surface area contributed by atoms with Crippen molar-refractivity contribution in [1.29, 1.82) is 0 Å². The van der Waals surface area contributed by atoms with Gasteiger partial charge in [0.05, 0.1) is 15.9 Å². The molecule has 0 bridgehead atoms. The smallest absolute Gasteiger partial charge is 0.271 e. The lowest BCUT2D eigenvalue weighted by Gasteiger charge is -2.16. The van der Waals surface area contributed by atoms with Crippen LogP contribution in [0.5, 0.6) is 0 Å².